The summed E-state index contributed by atoms with van der Waals surface area (Å²) in [4.78, 5) is 12.3. The molecule has 1 aromatic carbocycles. The molecular formula is C15H20N2O2. The molecule has 0 radical (unpaired) electrons. The molecule has 1 heterocycles. The van der Waals surface area contributed by atoms with E-state index in [0.717, 1.165) is 18.4 Å². The zero-order valence-electron chi connectivity index (χ0n) is 11.1. The van der Waals surface area contributed by atoms with E-state index in [2.05, 4.69) is 17.4 Å². The van der Waals surface area contributed by atoms with Gasteiger partial charge in [0.2, 0.25) is 5.91 Å². The summed E-state index contributed by atoms with van der Waals surface area (Å²) in [5.41, 5.74) is 8.57. The summed E-state index contributed by atoms with van der Waals surface area (Å²) in [5, 5.41) is 3.10. The van der Waals surface area contributed by atoms with Crippen molar-refractivity contribution < 1.29 is 9.53 Å². The molecule has 102 valence electrons. The van der Waals surface area contributed by atoms with Gasteiger partial charge in [-0.25, -0.2) is 0 Å². The first-order valence-electron chi connectivity index (χ1n) is 6.90. The molecule has 0 aromatic heterocycles. The third-order valence-corrected chi connectivity index (χ3v) is 4.14. The molecule has 4 nitrogen and oxygen atoms in total. The molecule has 4 unspecified atom stereocenters. The second-order valence-electron chi connectivity index (χ2n) is 5.63. The highest BCUT2D eigenvalue weighted by atomic mass is 16.5. The van der Waals surface area contributed by atoms with E-state index in [1.165, 1.54) is 5.56 Å². The van der Waals surface area contributed by atoms with E-state index in [1.54, 1.807) is 0 Å². The third-order valence-electron chi connectivity index (χ3n) is 4.14. The Balaban J connectivity index is 1.71. The van der Waals surface area contributed by atoms with Crippen LogP contribution in [0.2, 0.25) is 0 Å². The predicted molar refractivity (Wildman–Crippen MR) is 72.5 cm³/mol. The fraction of sp³-hybridized carbons (Fsp3) is 0.533. The Kier molecular flexibility index (Phi) is 3.29. The number of nitrogens with two attached hydrogens (primary N) is 1. The van der Waals surface area contributed by atoms with Gasteiger partial charge in [-0.1, -0.05) is 24.3 Å². The molecule has 19 heavy (non-hydrogen) atoms. The number of nitrogens with one attached hydrogen (secondary N) is 1. The van der Waals surface area contributed by atoms with Crippen LogP contribution in [-0.4, -0.2) is 24.7 Å². The van der Waals surface area contributed by atoms with E-state index in [-0.39, 0.29) is 30.0 Å². The highest BCUT2D eigenvalue weighted by molar-refractivity contribution is 5.79. The van der Waals surface area contributed by atoms with Crippen molar-refractivity contribution in [2.75, 3.05) is 6.61 Å². The summed E-state index contributed by atoms with van der Waals surface area (Å²) in [5.74, 6) is 0.0384. The van der Waals surface area contributed by atoms with Crippen molar-refractivity contribution in [3.63, 3.8) is 0 Å². The van der Waals surface area contributed by atoms with Crippen molar-refractivity contribution in [3.05, 3.63) is 35.4 Å². The van der Waals surface area contributed by atoms with Gasteiger partial charge in [-0.05, 0) is 30.9 Å². The van der Waals surface area contributed by atoms with E-state index in [0.29, 0.717) is 6.61 Å². The first kappa shape index (κ1) is 12.6. The molecule has 1 aliphatic heterocycles. The third kappa shape index (κ3) is 2.38. The highest BCUT2D eigenvalue weighted by Gasteiger charge is 2.34. The SMILES string of the molecule is CC1CC(C(=O)NC2c3ccccc3CC2N)CO1. The van der Waals surface area contributed by atoms with Gasteiger partial charge in [-0.15, -0.1) is 0 Å². The van der Waals surface area contributed by atoms with Crippen molar-refractivity contribution in [3.8, 4) is 0 Å². The van der Waals surface area contributed by atoms with E-state index >= 15 is 0 Å². The van der Waals surface area contributed by atoms with Gasteiger partial charge in [-0.2, -0.15) is 0 Å². The van der Waals surface area contributed by atoms with Crippen LogP contribution in [0.5, 0.6) is 0 Å². The van der Waals surface area contributed by atoms with Crippen LogP contribution >= 0.6 is 0 Å². The summed E-state index contributed by atoms with van der Waals surface area (Å²) in [6.07, 6.45) is 1.81. The maximum Gasteiger partial charge on any atom is 0.226 e. The lowest BCUT2D eigenvalue weighted by atomic mass is 10.0. The normalized spacial score (nSPS) is 33.2. The van der Waals surface area contributed by atoms with Gasteiger partial charge < -0.3 is 15.8 Å². The number of hydrogen-bond donors (Lipinski definition) is 2. The van der Waals surface area contributed by atoms with Crippen molar-refractivity contribution in [1.29, 1.82) is 0 Å². The molecule has 4 atom stereocenters. The second-order valence-corrected chi connectivity index (χ2v) is 5.63. The summed E-state index contributed by atoms with van der Waals surface area (Å²) in [6, 6.07) is 8.07. The average Bonchev–Trinajstić information content (AvgIpc) is 2.95. The predicted octanol–water partition coefficient (Wildman–Crippen LogP) is 1.15. The topological polar surface area (TPSA) is 64.4 Å². The minimum atomic E-state index is -0.0559. The standard InChI is InChI=1S/C15H20N2O2/c1-9-6-11(8-19-9)15(18)17-14-12-5-3-2-4-10(12)7-13(14)16/h2-5,9,11,13-14H,6-8,16H2,1H3,(H,17,18). The van der Waals surface area contributed by atoms with Gasteiger partial charge in [-0.3, -0.25) is 4.79 Å². The summed E-state index contributed by atoms with van der Waals surface area (Å²) < 4.78 is 5.46. The van der Waals surface area contributed by atoms with Crippen molar-refractivity contribution in [2.45, 2.75) is 38.0 Å². The molecule has 0 bridgehead atoms. The van der Waals surface area contributed by atoms with Crippen LogP contribution in [0.3, 0.4) is 0 Å². The van der Waals surface area contributed by atoms with Crippen molar-refractivity contribution in [1.82, 2.24) is 5.32 Å². The Bertz CT molecular complexity index is 489. The van der Waals surface area contributed by atoms with Gasteiger partial charge in [0.1, 0.15) is 0 Å². The van der Waals surface area contributed by atoms with Gasteiger partial charge in [0, 0.05) is 6.04 Å². The van der Waals surface area contributed by atoms with E-state index in [9.17, 15) is 4.79 Å². The van der Waals surface area contributed by atoms with Crippen LogP contribution in [-0.2, 0) is 16.0 Å². The molecule has 1 fully saturated rings. The number of fused-ring (bicyclic) bond motifs is 1. The Morgan fingerprint density at radius 3 is 2.95 bits per heavy atom. The van der Waals surface area contributed by atoms with E-state index in [4.69, 9.17) is 10.5 Å². The largest absolute Gasteiger partial charge is 0.378 e. The molecule has 4 heteroatoms. The van der Waals surface area contributed by atoms with Crippen LogP contribution in [0, 0.1) is 5.92 Å². The minimum Gasteiger partial charge on any atom is -0.378 e. The summed E-state index contributed by atoms with van der Waals surface area (Å²) >= 11 is 0. The van der Waals surface area contributed by atoms with Crippen LogP contribution < -0.4 is 11.1 Å². The average molecular weight is 260 g/mol. The molecule has 3 rings (SSSR count). The van der Waals surface area contributed by atoms with Crippen LogP contribution in [0.25, 0.3) is 0 Å². The smallest absolute Gasteiger partial charge is 0.226 e. The second kappa shape index (κ2) is 4.94. The zero-order valence-corrected chi connectivity index (χ0v) is 11.1. The molecular weight excluding hydrogens is 240 g/mol. The minimum absolute atomic E-state index is 0.0268. The zero-order chi connectivity index (χ0) is 13.4. The lowest BCUT2D eigenvalue weighted by molar-refractivity contribution is -0.125. The Morgan fingerprint density at radius 2 is 2.21 bits per heavy atom. The maximum absolute atomic E-state index is 12.3. The first-order valence-corrected chi connectivity index (χ1v) is 6.90. The number of benzene rings is 1. The van der Waals surface area contributed by atoms with Gasteiger partial charge in [0.25, 0.3) is 0 Å². The van der Waals surface area contributed by atoms with Crippen LogP contribution in [0.4, 0.5) is 0 Å². The Labute approximate surface area is 113 Å². The highest BCUT2D eigenvalue weighted by Crippen LogP contribution is 2.31. The molecule has 1 aromatic rings. The fourth-order valence-electron chi connectivity index (χ4n) is 3.08. The van der Waals surface area contributed by atoms with Crippen LogP contribution in [0.1, 0.15) is 30.5 Å². The molecule has 2 aliphatic rings. The molecule has 1 saturated heterocycles. The van der Waals surface area contributed by atoms with Crippen molar-refractivity contribution >= 4 is 5.91 Å². The first-order chi connectivity index (χ1) is 9.15. The number of rotatable bonds is 2. The quantitative estimate of drug-likeness (QED) is 0.838. The Morgan fingerprint density at radius 1 is 1.42 bits per heavy atom. The van der Waals surface area contributed by atoms with Crippen molar-refractivity contribution in [2.24, 2.45) is 11.7 Å². The number of carbonyl (C=O) groups excluding carboxylic acids is 1. The van der Waals surface area contributed by atoms with Crippen LogP contribution in [0.15, 0.2) is 24.3 Å². The summed E-state index contributed by atoms with van der Waals surface area (Å²) in [7, 11) is 0. The number of carbonyl (C=O) groups is 1. The van der Waals surface area contributed by atoms with Gasteiger partial charge in [0.15, 0.2) is 0 Å². The molecule has 0 saturated carbocycles. The molecule has 1 amide bonds. The Hall–Kier alpha value is -1.39. The molecule has 3 N–H and O–H groups in total. The molecule has 0 spiro atoms. The fourth-order valence-corrected chi connectivity index (χ4v) is 3.08. The number of ether oxygens (including phenoxy) is 1. The monoisotopic (exact) mass is 260 g/mol. The van der Waals surface area contributed by atoms with E-state index in [1.807, 2.05) is 19.1 Å². The van der Waals surface area contributed by atoms with E-state index < -0.39 is 0 Å². The molecule has 1 aliphatic carbocycles. The maximum atomic E-state index is 12.3. The van der Waals surface area contributed by atoms with Gasteiger partial charge in [0.05, 0.1) is 24.7 Å². The lowest BCUT2D eigenvalue weighted by Gasteiger charge is -2.20. The lowest BCUT2D eigenvalue weighted by Crippen LogP contribution is -2.41. The number of hydrogen-bond acceptors (Lipinski definition) is 3. The number of amides is 1. The van der Waals surface area contributed by atoms with Gasteiger partial charge >= 0.3 is 0 Å². The summed E-state index contributed by atoms with van der Waals surface area (Å²) in [6.45, 7) is 2.53.